The summed E-state index contributed by atoms with van der Waals surface area (Å²) >= 11 is 0. The fraction of sp³-hybridized carbons (Fsp3) is 0.750. The SMILES string of the molecule is CC(=O)O[C@@H]1C[C@H]2C(C)(C)CCC(=O)[C@@]2(C)C2CC[C@@]3(C)[C@@H](c4ccoc4)OC(=O)[C@@H]4O[C@]43[C@@]21C. The Labute approximate surface area is 206 Å². The van der Waals surface area contributed by atoms with E-state index in [1.165, 1.54) is 6.92 Å². The smallest absolute Gasteiger partial charge is 0.339 e. The van der Waals surface area contributed by atoms with Crippen molar-refractivity contribution in [2.24, 2.45) is 33.5 Å². The van der Waals surface area contributed by atoms with Gasteiger partial charge < -0.3 is 18.6 Å². The lowest BCUT2D eigenvalue weighted by Crippen LogP contribution is -2.74. The normalized spacial score (nSPS) is 49.6. The zero-order valence-corrected chi connectivity index (χ0v) is 21.5. The van der Waals surface area contributed by atoms with Crippen LogP contribution in [0.1, 0.15) is 85.3 Å². The van der Waals surface area contributed by atoms with Crippen LogP contribution in [0.2, 0.25) is 0 Å². The minimum Gasteiger partial charge on any atom is -0.472 e. The van der Waals surface area contributed by atoms with E-state index in [2.05, 4.69) is 34.6 Å². The number of epoxide rings is 1. The van der Waals surface area contributed by atoms with Gasteiger partial charge in [-0.1, -0.05) is 34.6 Å². The number of hydrogen-bond donors (Lipinski definition) is 0. The predicted octanol–water partition coefficient (Wildman–Crippen LogP) is 4.78. The average Bonchev–Trinajstić information content (AvgIpc) is 3.35. The Morgan fingerprint density at radius 3 is 2.46 bits per heavy atom. The molecule has 1 spiro atoms. The summed E-state index contributed by atoms with van der Waals surface area (Å²) < 4.78 is 24.0. The number of ketones is 1. The van der Waals surface area contributed by atoms with Crippen molar-refractivity contribution in [3.05, 3.63) is 24.2 Å². The second kappa shape index (κ2) is 6.78. The molecule has 1 aromatic heterocycles. The van der Waals surface area contributed by atoms with Crippen LogP contribution >= 0.6 is 0 Å². The first-order valence-corrected chi connectivity index (χ1v) is 12.9. The number of carbonyl (C=O) groups excluding carboxylic acids is 3. The monoisotopic (exact) mass is 484 g/mol. The lowest BCUT2D eigenvalue weighted by Gasteiger charge is -2.69. The first kappa shape index (κ1) is 23.3. The van der Waals surface area contributed by atoms with Gasteiger partial charge in [0.2, 0.25) is 0 Å². The summed E-state index contributed by atoms with van der Waals surface area (Å²) in [5, 5.41) is 0. The maximum atomic E-state index is 13.8. The van der Waals surface area contributed by atoms with E-state index in [0.29, 0.717) is 18.6 Å². The molecule has 2 aliphatic heterocycles. The van der Waals surface area contributed by atoms with Gasteiger partial charge in [-0.15, -0.1) is 0 Å². The molecule has 35 heavy (non-hydrogen) atoms. The number of hydrogen-bond acceptors (Lipinski definition) is 7. The van der Waals surface area contributed by atoms with Crippen molar-refractivity contribution in [3.63, 3.8) is 0 Å². The predicted molar refractivity (Wildman–Crippen MR) is 124 cm³/mol. The van der Waals surface area contributed by atoms with Crippen LogP contribution in [-0.4, -0.2) is 35.5 Å². The van der Waals surface area contributed by atoms with Crippen molar-refractivity contribution in [2.75, 3.05) is 0 Å². The van der Waals surface area contributed by atoms with E-state index >= 15 is 0 Å². The van der Waals surface area contributed by atoms with E-state index in [1.54, 1.807) is 12.5 Å². The van der Waals surface area contributed by atoms with Crippen LogP contribution in [0.4, 0.5) is 0 Å². The summed E-state index contributed by atoms with van der Waals surface area (Å²) in [7, 11) is 0. The molecule has 1 aromatic rings. The number of fused-ring (bicyclic) bond motifs is 3. The number of Topliss-reactive ketones (excluding diaryl/α,β-unsaturated/α-hetero) is 1. The number of ether oxygens (including phenoxy) is 3. The molecule has 0 bridgehead atoms. The van der Waals surface area contributed by atoms with E-state index in [9.17, 15) is 14.4 Å². The summed E-state index contributed by atoms with van der Waals surface area (Å²) in [5.74, 6) is -0.443. The minimum absolute atomic E-state index is 0.0601. The van der Waals surface area contributed by atoms with Gasteiger partial charge in [0.05, 0.1) is 12.5 Å². The topological polar surface area (TPSA) is 95.3 Å². The summed E-state index contributed by atoms with van der Waals surface area (Å²) in [6.45, 7) is 12.3. The molecule has 0 radical (unpaired) electrons. The third kappa shape index (κ3) is 2.53. The van der Waals surface area contributed by atoms with Gasteiger partial charge in [0.15, 0.2) is 6.10 Å². The third-order valence-corrected chi connectivity index (χ3v) is 11.2. The Morgan fingerprint density at radius 2 is 1.80 bits per heavy atom. The van der Waals surface area contributed by atoms with Crippen molar-refractivity contribution in [2.45, 2.75) is 97.6 Å². The molecule has 3 aliphatic carbocycles. The van der Waals surface area contributed by atoms with Crippen LogP contribution in [0.3, 0.4) is 0 Å². The third-order valence-electron chi connectivity index (χ3n) is 11.2. The highest BCUT2D eigenvalue weighted by atomic mass is 16.7. The molecule has 0 N–H and O–H groups in total. The first-order chi connectivity index (χ1) is 16.3. The number of furan rings is 1. The fourth-order valence-corrected chi connectivity index (χ4v) is 9.61. The molecule has 0 aromatic carbocycles. The van der Waals surface area contributed by atoms with Crippen LogP contribution in [0.15, 0.2) is 23.0 Å². The summed E-state index contributed by atoms with van der Waals surface area (Å²) in [6.07, 6.45) is 4.96. The van der Waals surface area contributed by atoms with Crippen LogP contribution in [0.5, 0.6) is 0 Å². The van der Waals surface area contributed by atoms with Gasteiger partial charge in [-0.25, -0.2) is 4.79 Å². The fourth-order valence-electron chi connectivity index (χ4n) is 9.61. The molecule has 5 fully saturated rings. The van der Waals surface area contributed by atoms with Gasteiger partial charge in [0, 0.05) is 35.2 Å². The maximum absolute atomic E-state index is 13.8. The molecule has 6 rings (SSSR count). The van der Waals surface area contributed by atoms with Gasteiger partial charge in [0.1, 0.15) is 23.6 Å². The summed E-state index contributed by atoms with van der Waals surface area (Å²) in [6, 6.07) is 1.84. The molecule has 2 saturated heterocycles. The van der Waals surface area contributed by atoms with Crippen LogP contribution in [-0.2, 0) is 28.6 Å². The number of esters is 2. The molecular formula is C28H36O7. The zero-order chi connectivity index (χ0) is 25.2. The number of carbonyl (C=O) groups is 3. The second-order valence-corrected chi connectivity index (χ2v) is 13.0. The van der Waals surface area contributed by atoms with Crippen LogP contribution in [0, 0.1) is 33.5 Å². The lowest BCUT2D eigenvalue weighted by molar-refractivity contribution is -0.259. The lowest BCUT2D eigenvalue weighted by atomic mass is 9.34. The largest absolute Gasteiger partial charge is 0.472 e. The molecule has 3 saturated carbocycles. The molecule has 5 aliphatic rings. The van der Waals surface area contributed by atoms with E-state index in [-0.39, 0.29) is 29.2 Å². The van der Waals surface area contributed by atoms with Gasteiger partial charge in [0.25, 0.3) is 0 Å². The Balaban J connectivity index is 1.55. The van der Waals surface area contributed by atoms with Gasteiger partial charge in [-0.2, -0.15) is 0 Å². The first-order valence-electron chi connectivity index (χ1n) is 12.9. The molecule has 0 amide bonds. The quantitative estimate of drug-likeness (QED) is 0.440. The Bertz CT molecular complexity index is 1110. The van der Waals surface area contributed by atoms with Crippen molar-refractivity contribution in [3.8, 4) is 0 Å². The molecule has 190 valence electrons. The standard InChI is InChI=1S/C28H36O7/c1-15(29)33-20-13-18-24(2,3)10-8-19(30)26(18,5)17-7-11-25(4)21(16-9-12-32-14-16)34-23(31)22-28(25,35-22)27(17,20)6/h9,12,14,17-18,20-22H,7-8,10-11,13H2,1-6H3/t17?,18-,20+,21+,22-,25-,26-,27-,28+/m0/s1. The Hall–Kier alpha value is -2.15. The van der Waals surface area contributed by atoms with Crippen molar-refractivity contribution >= 4 is 17.7 Å². The van der Waals surface area contributed by atoms with Crippen molar-refractivity contribution < 1.29 is 33.0 Å². The van der Waals surface area contributed by atoms with E-state index < -0.39 is 40.2 Å². The van der Waals surface area contributed by atoms with E-state index in [1.807, 2.05) is 6.07 Å². The maximum Gasteiger partial charge on any atom is 0.339 e. The van der Waals surface area contributed by atoms with Crippen LogP contribution < -0.4 is 0 Å². The van der Waals surface area contributed by atoms with Crippen LogP contribution in [0.25, 0.3) is 0 Å². The Morgan fingerprint density at radius 1 is 1.06 bits per heavy atom. The summed E-state index contributed by atoms with van der Waals surface area (Å²) in [5.41, 5.74) is -2.02. The molecular weight excluding hydrogens is 448 g/mol. The average molecular weight is 485 g/mol. The number of cyclic esters (lactones) is 1. The van der Waals surface area contributed by atoms with Gasteiger partial charge >= 0.3 is 11.9 Å². The zero-order valence-electron chi connectivity index (χ0n) is 21.5. The highest BCUT2D eigenvalue weighted by Crippen LogP contribution is 2.80. The molecule has 9 atom stereocenters. The summed E-state index contributed by atoms with van der Waals surface area (Å²) in [4.78, 5) is 39.5. The highest BCUT2D eigenvalue weighted by molar-refractivity contribution is 5.87. The van der Waals surface area contributed by atoms with Crippen molar-refractivity contribution in [1.82, 2.24) is 0 Å². The molecule has 3 heterocycles. The highest BCUT2D eigenvalue weighted by Gasteiger charge is 2.88. The minimum atomic E-state index is -0.893. The molecule has 1 unspecified atom stereocenters. The van der Waals surface area contributed by atoms with Crippen molar-refractivity contribution in [1.29, 1.82) is 0 Å². The van der Waals surface area contributed by atoms with Gasteiger partial charge in [-0.05, 0) is 49.0 Å². The Kier molecular flexibility index (Phi) is 4.51. The second-order valence-electron chi connectivity index (χ2n) is 13.0. The number of rotatable bonds is 2. The van der Waals surface area contributed by atoms with E-state index in [0.717, 1.165) is 24.8 Å². The molecule has 7 heteroatoms. The van der Waals surface area contributed by atoms with E-state index in [4.69, 9.17) is 18.6 Å². The molecule has 7 nitrogen and oxygen atoms in total. The van der Waals surface area contributed by atoms with Gasteiger partial charge in [-0.3, -0.25) is 9.59 Å².